The average molecular weight is 258 g/mol. The largest absolute Gasteiger partial charge is 0.379 e. The molecule has 5 nitrogen and oxygen atoms in total. The van der Waals surface area contributed by atoms with Crippen molar-refractivity contribution in [2.75, 3.05) is 26.4 Å². The second-order valence-corrected chi connectivity index (χ2v) is 5.01. The molecule has 2 unspecified atom stereocenters. The molecule has 106 valence electrons. The fourth-order valence-electron chi connectivity index (χ4n) is 2.52. The molecule has 1 saturated carbocycles. The van der Waals surface area contributed by atoms with Crippen LogP contribution in [0.4, 0.5) is 0 Å². The molecule has 5 heteroatoms. The molecule has 0 aromatic rings. The number of ether oxygens (including phenoxy) is 2. The summed E-state index contributed by atoms with van der Waals surface area (Å²) in [5.74, 6) is -0.220. The van der Waals surface area contributed by atoms with Crippen molar-refractivity contribution in [2.45, 2.75) is 44.6 Å². The smallest absolute Gasteiger partial charge is 0.237 e. The second kappa shape index (κ2) is 7.71. The van der Waals surface area contributed by atoms with Gasteiger partial charge in [-0.2, -0.15) is 0 Å². The summed E-state index contributed by atoms with van der Waals surface area (Å²) in [5.41, 5.74) is 10.6. The molecule has 18 heavy (non-hydrogen) atoms. The van der Waals surface area contributed by atoms with Gasteiger partial charge >= 0.3 is 0 Å². The molecule has 1 aliphatic rings. The van der Waals surface area contributed by atoms with Crippen molar-refractivity contribution in [3.63, 3.8) is 0 Å². The van der Waals surface area contributed by atoms with Gasteiger partial charge in [0.1, 0.15) is 0 Å². The lowest BCUT2D eigenvalue weighted by molar-refractivity contribution is -0.124. The molecule has 4 N–H and O–H groups in total. The minimum atomic E-state index is -0.817. The Morgan fingerprint density at radius 3 is 2.56 bits per heavy atom. The summed E-state index contributed by atoms with van der Waals surface area (Å²) in [6, 6.07) is 0. The highest BCUT2D eigenvalue weighted by atomic mass is 16.5. The van der Waals surface area contributed by atoms with Crippen LogP contribution in [0.25, 0.3) is 0 Å². The predicted molar refractivity (Wildman–Crippen MR) is 70.0 cm³/mol. The molecule has 0 heterocycles. The van der Waals surface area contributed by atoms with Crippen molar-refractivity contribution in [3.8, 4) is 0 Å². The van der Waals surface area contributed by atoms with Crippen LogP contribution in [0.5, 0.6) is 0 Å². The van der Waals surface area contributed by atoms with E-state index in [1.165, 1.54) is 0 Å². The van der Waals surface area contributed by atoms with Crippen LogP contribution in [0.15, 0.2) is 0 Å². The number of hydrogen-bond acceptors (Lipinski definition) is 4. The Balaban J connectivity index is 2.13. The van der Waals surface area contributed by atoms with Crippen LogP contribution >= 0.6 is 0 Å². The molecule has 0 bridgehead atoms. The van der Waals surface area contributed by atoms with Crippen molar-refractivity contribution in [3.05, 3.63) is 0 Å². The van der Waals surface area contributed by atoms with Crippen LogP contribution in [0, 0.1) is 5.92 Å². The average Bonchev–Trinajstić information content (AvgIpc) is 2.71. The quantitative estimate of drug-likeness (QED) is 0.599. The Bertz CT molecular complexity index is 261. The van der Waals surface area contributed by atoms with E-state index in [0.29, 0.717) is 26.2 Å². The van der Waals surface area contributed by atoms with Gasteiger partial charge in [-0.05, 0) is 31.6 Å². The number of hydrogen-bond donors (Lipinski definition) is 2. The van der Waals surface area contributed by atoms with Crippen LogP contribution in [0.1, 0.15) is 39.0 Å². The molecule has 1 fully saturated rings. The van der Waals surface area contributed by atoms with E-state index in [4.69, 9.17) is 20.9 Å². The summed E-state index contributed by atoms with van der Waals surface area (Å²) in [6.07, 6.45) is 4.47. The van der Waals surface area contributed by atoms with Crippen molar-refractivity contribution in [1.29, 1.82) is 0 Å². The first-order valence-corrected chi connectivity index (χ1v) is 6.85. The molecule has 1 amide bonds. The van der Waals surface area contributed by atoms with Crippen LogP contribution in [-0.4, -0.2) is 37.9 Å². The van der Waals surface area contributed by atoms with E-state index in [-0.39, 0.29) is 11.8 Å². The lowest BCUT2D eigenvalue weighted by atomic mass is 9.85. The highest BCUT2D eigenvalue weighted by Gasteiger charge is 2.43. The number of nitrogens with two attached hydrogens (primary N) is 2. The molecule has 1 aliphatic carbocycles. The van der Waals surface area contributed by atoms with Crippen LogP contribution < -0.4 is 11.5 Å². The third-order valence-electron chi connectivity index (χ3n) is 3.66. The fourth-order valence-corrected chi connectivity index (χ4v) is 2.52. The molecule has 0 spiro atoms. The van der Waals surface area contributed by atoms with Crippen LogP contribution in [0.2, 0.25) is 0 Å². The minimum absolute atomic E-state index is 0.159. The number of rotatable bonds is 9. The van der Waals surface area contributed by atoms with Gasteiger partial charge in [0.25, 0.3) is 0 Å². The van der Waals surface area contributed by atoms with Gasteiger partial charge in [-0.1, -0.05) is 13.3 Å². The minimum Gasteiger partial charge on any atom is -0.379 e. The molecular weight excluding hydrogens is 232 g/mol. The van der Waals surface area contributed by atoms with Crippen LogP contribution in [-0.2, 0) is 14.3 Å². The summed E-state index contributed by atoms with van der Waals surface area (Å²) < 4.78 is 10.8. The Morgan fingerprint density at radius 1 is 1.28 bits per heavy atom. The zero-order valence-corrected chi connectivity index (χ0v) is 11.3. The summed E-state index contributed by atoms with van der Waals surface area (Å²) in [7, 11) is 0. The van der Waals surface area contributed by atoms with Crippen molar-refractivity contribution in [2.24, 2.45) is 17.4 Å². The zero-order valence-electron chi connectivity index (χ0n) is 11.3. The fraction of sp³-hybridized carbons (Fsp3) is 0.923. The Hall–Kier alpha value is -0.650. The zero-order chi connectivity index (χ0) is 13.4. The van der Waals surface area contributed by atoms with Crippen molar-refractivity contribution >= 4 is 5.91 Å². The maximum atomic E-state index is 11.4. The van der Waals surface area contributed by atoms with E-state index in [2.05, 4.69) is 6.92 Å². The van der Waals surface area contributed by atoms with Gasteiger partial charge in [0.15, 0.2) is 0 Å². The Morgan fingerprint density at radius 2 is 1.94 bits per heavy atom. The lowest BCUT2D eigenvalue weighted by Gasteiger charge is -2.27. The normalized spacial score (nSPS) is 27.6. The maximum Gasteiger partial charge on any atom is 0.237 e. The van der Waals surface area contributed by atoms with E-state index in [1.807, 2.05) is 0 Å². The number of primary amides is 1. The van der Waals surface area contributed by atoms with E-state index in [9.17, 15) is 4.79 Å². The molecule has 2 atom stereocenters. The Kier molecular flexibility index (Phi) is 6.60. The third-order valence-corrected chi connectivity index (χ3v) is 3.66. The summed E-state index contributed by atoms with van der Waals surface area (Å²) in [4.78, 5) is 11.4. The molecule has 0 radical (unpaired) electrons. The molecule has 0 aliphatic heterocycles. The summed E-state index contributed by atoms with van der Waals surface area (Å²) in [6.45, 7) is 4.69. The second-order valence-electron chi connectivity index (χ2n) is 5.01. The van der Waals surface area contributed by atoms with Crippen molar-refractivity contribution < 1.29 is 14.3 Å². The highest BCUT2D eigenvalue weighted by Crippen LogP contribution is 2.35. The number of carbonyl (C=O) groups excluding carboxylic acids is 1. The van der Waals surface area contributed by atoms with E-state index in [1.54, 1.807) is 0 Å². The van der Waals surface area contributed by atoms with Gasteiger partial charge in [-0.25, -0.2) is 0 Å². The first kappa shape index (κ1) is 15.4. The van der Waals surface area contributed by atoms with Crippen LogP contribution in [0.3, 0.4) is 0 Å². The Labute approximate surface area is 109 Å². The maximum absolute atomic E-state index is 11.4. The SMILES string of the molecule is CCCOCCOCCC1CCCC1(N)C(N)=O. The third kappa shape index (κ3) is 4.23. The molecule has 0 aromatic heterocycles. The molecule has 0 aromatic carbocycles. The topological polar surface area (TPSA) is 87.6 Å². The molecule has 0 saturated heterocycles. The summed E-state index contributed by atoms with van der Waals surface area (Å²) in [5, 5.41) is 0. The standard InChI is InChI=1S/C13H26N2O3/c1-2-7-17-9-10-18-8-5-11-4-3-6-13(11,15)12(14)16/h11H,2-10,15H2,1H3,(H2,14,16). The van der Waals surface area contributed by atoms with Gasteiger partial charge in [0.05, 0.1) is 18.8 Å². The van der Waals surface area contributed by atoms with Gasteiger partial charge in [-0.15, -0.1) is 0 Å². The van der Waals surface area contributed by atoms with Crippen molar-refractivity contribution in [1.82, 2.24) is 0 Å². The molecule has 1 rings (SSSR count). The van der Waals surface area contributed by atoms with Gasteiger partial charge in [0, 0.05) is 13.2 Å². The van der Waals surface area contributed by atoms with Gasteiger partial charge in [-0.3, -0.25) is 4.79 Å². The lowest BCUT2D eigenvalue weighted by Crippen LogP contribution is -2.54. The first-order valence-electron chi connectivity index (χ1n) is 6.85. The van der Waals surface area contributed by atoms with Gasteiger partial charge < -0.3 is 20.9 Å². The molecular formula is C13H26N2O3. The number of carbonyl (C=O) groups is 1. The van der Waals surface area contributed by atoms with E-state index in [0.717, 1.165) is 32.3 Å². The van der Waals surface area contributed by atoms with Gasteiger partial charge in [0.2, 0.25) is 5.91 Å². The first-order chi connectivity index (χ1) is 8.61. The predicted octanol–water partition coefficient (Wildman–Crippen LogP) is 0.803. The monoisotopic (exact) mass is 258 g/mol. The van der Waals surface area contributed by atoms with E-state index < -0.39 is 5.54 Å². The summed E-state index contributed by atoms with van der Waals surface area (Å²) >= 11 is 0. The highest BCUT2D eigenvalue weighted by molar-refractivity contribution is 5.85. The number of amides is 1. The van der Waals surface area contributed by atoms with E-state index >= 15 is 0 Å².